The number of amides is 3. The molecule has 0 unspecified atom stereocenters. The highest BCUT2D eigenvalue weighted by atomic mass is 32.1. The van der Waals surface area contributed by atoms with Crippen molar-refractivity contribution in [3.05, 3.63) is 63.9 Å². The summed E-state index contributed by atoms with van der Waals surface area (Å²) in [6.07, 6.45) is 4.94. The average molecular weight is 539 g/mol. The predicted molar refractivity (Wildman–Crippen MR) is 146 cm³/mol. The molecule has 0 fully saturated rings. The first kappa shape index (κ1) is 27.3. The molecular formula is C28H31FN4O4S. The van der Waals surface area contributed by atoms with Crippen LogP contribution < -0.4 is 10.6 Å². The Kier molecular flexibility index (Phi) is 7.82. The number of likely N-dealkylation sites (N-methyl/N-ethyl adjacent to an activating group) is 1. The molecule has 0 aliphatic carbocycles. The Morgan fingerprint density at radius 1 is 1.34 bits per heavy atom. The zero-order valence-electron chi connectivity index (χ0n) is 22.1. The number of hydrogen-bond donors (Lipinski definition) is 2. The van der Waals surface area contributed by atoms with Crippen LogP contribution in [0.3, 0.4) is 0 Å². The fourth-order valence-corrected chi connectivity index (χ4v) is 5.41. The fraction of sp³-hybridized carbons (Fsp3) is 0.357. The first-order valence-electron chi connectivity index (χ1n) is 12.3. The molecule has 10 heteroatoms. The highest BCUT2D eigenvalue weighted by molar-refractivity contribution is 7.19. The molecule has 0 bridgehead atoms. The highest BCUT2D eigenvalue weighted by Gasteiger charge is 2.28. The van der Waals surface area contributed by atoms with Gasteiger partial charge in [0.15, 0.2) is 0 Å². The number of benzene rings is 1. The van der Waals surface area contributed by atoms with Gasteiger partial charge in [-0.25, -0.2) is 14.2 Å². The number of nitrogens with zero attached hydrogens (tertiary/aromatic N) is 2. The van der Waals surface area contributed by atoms with Crippen molar-refractivity contribution >= 4 is 51.2 Å². The molecule has 0 spiro atoms. The van der Waals surface area contributed by atoms with Crippen LogP contribution in [0.4, 0.5) is 15.0 Å². The Balaban J connectivity index is 1.40. The molecule has 1 aliphatic rings. The van der Waals surface area contributed by atoms with Gasteiger partial charge >= 0.3 is 6.09 Å². The van der Waals surface area contributed by atoms with Crippen molar-refractivity contribution in [1.82, 2.24) is 15.2 Å². The van der Waals surface area contributed by atoms with Gasteiger partial charge in [0.1, 0.15) is 23.3 Å². The second kappa shape index (κ2) is 10.9. The number of rotatable bonds is 5. The van der Waals surface area contributed by atoms with Gasteiger partial charge in [-0.3, -0.25) is 9.59 Å². The van der Waals surface area contributed by atoms with Crippen molar-refractivity contribution in [2.45, 2.75) is 58.7 Å². The zero-order chi connectivity index (χ0) is 27.6. The Morgan fingerprint density at radius 3 is 2.82 bits per heavy atom. The average Bonchev–Trinajstić information content (AvgIpc) is 3.07. The van der Waals surface area contributed by atoms with E-state index in [1.807, 2.05) is 19.1 Å². The maximum atomic E-state index is 14.2. The van der Waals surface area contributed by atoms with Gasteiger partial charge in [-0.15, -0.1) is 11.3 Å². The monoisotopic (exact) mass is 538 g/mol. The molecule has 2 N–H and O–H groups in total. The summed E-state index contributed by atoms with van der Waals surface area (Å²) in [4.78, 5) is 44.4. The zero-order valence-corrected chi connectivity index (χ0v) is 22.9. The minimum atomic E-state index is -0.751. The van der Waals surface area contributed by atoms with E-state index in [0.717, 1.165) is 21.4 Å². The van der Waals surface area contributed by atoms with Crippen LogP contribution >= 0.6 is 11.3 Å². The minimum Gasteiger partial charge on any atom is -0.444 e. The molecule has 1 aromatic carbocycles. The van der Waals surface area contributed by atoms with Gasteiger partial charge in [0.25, 0.3) is 0 Å². The van der Waals surface area contributed by atoms with Crippen LogP contribution in [0.25, 0.3) is 16.2 Å². The summed E-state index contributed by atoms with van der Waals surface area (Å²) in [7, 11) is 1.70. The van der Waals surface area contributed by atoms with Crippen LogP contribution in [0.5, 0.6) is 0 Å². The van der Waals surface area contributed by atoms with Gasteiger partial charge < -0.3 is 20.3 Å². The van der Waals surface area contributed by atoms with E-state index in [4.69, 9.17) is 4.74 Å². The summed E-state index contributed by atoms with van der Waals surface area (Å²) in [5.74, 6) is -0.392. The first-order chi connectivity index (χ1) is 17.9. The predicted octanol–water partition coefficient (Wildman–Crippen LogP) is 5.19. The largest absolute Gasteiger partial charge is 0.444 e. The van der Waals surface area contributed by atoms with Crippen LogP contribution in [-0.2, 0) is 27.3 Å². The Bertz CT molecular complexity index is 1430. The van der Waals surface area contributed by atoms with E-state index in [-0.39, 0.29) is 17.6 Å². The van der Waals surface area contributed by atoms with Crippen molar-refractivity contribution in [3.8, 4) is 0 Å². The van der Waals surface area contributed by atoms with Crippen molar-refractivity contribution in [2.24, 2.45) is 0 Å². The number of carbonyl (C=O) groups excluding carboxylic acids is 3. The summed E-state index contributed by atoms with van der Waals surface area (Å²) in [5, 5.41) is 6.24. The summed E-state index contributed by atoms with van der Waals surface area (Å²) >= 11 is 1.36. The summed E-state index contributed by atoms with van der Waals surface area (Å²) in [6, 6.07) is 6.13. The second-order valence-corrected chi connectivity index (χ2v) is 11.4. The van der Waals surface area contributed by atoms with E-state index < -0.39 is 17.7 Å². The van der Waals surface area contributed by atoms with Crippen LogP contribution in [0.15, 0.2) is 36.5 Å². The number of hydrogen-bond acceptors (Lipinski definition) is 6. The third kappa shape index (κ3) is 6.36. The normalized spacial score (nSPS) is 15.6. The molecule has 8 nitrogen and oxygen atoms in total. The second-order valence-electron chi connectivity index (χ2n) is 10.3. The lowest BCUT2D eigenvalue weighted by atomic mass is 10.1. The van der Waals surface area contributed by atoms with Crippen molar-refractivity contribution in [2.75, 3.05) is 12.4 Å². The van der Waals surface area contributed by atoms with Gasteiger partial charge in [0, 0.05) is 24.2 Å². The van der Waals surface area contributed by atoms with Gasteiger partial charge in [0.2, 0.25) is 11.8 Å². The third-order valence-electron chi connectivity index (χ3n) is 6.13. The number of anilines is 1. The standard InChI is InChI=1S/C28H31FN4O4S/c1-16-19-7-6-8-20(29)24(19)38-22(16)15-33(5)23(34)12-9-17-13-18-10-11-21(26(35)32-25(18)30-14-17)31-27(36)37-28(2,3)4/h6-9,12-14,21H,10-11,15H2,1-5H3,(H,31,36)(H,30,32,35)/b12-9+/t21-/m0/s1. The smallest absolute Gasteiger partial charge is 0.408 e. The van der Waals surface area contributed by atoms with Crippen molar-refractivity contribution < 1.29 is 23.5 Å². The van der Waals surface area contributed by atoms with E-state index in [9.17, 15) is 18.8 Å². The molecule has 0 saturated carbocycles. The van der Waals surface area contributed by atoms with Gasteiger partial charge in [-0.05, 0) is 80.8 Å². The minimum absolute atomic E-state index is 0.202. The van der Waals surface area contributed by atoms with Crippen LogP contribution in [0, 0.1) is 12.7 Å². The number of carbonyl (C=O) groups is 3. The maximum Gasteiger partial charge on any atom is 0.408 e. The number of thiophene rings is 1. The molecule has 3 amide bonds. The summed E-state index contributed by atoms with van der Waals surface area (Å²) in [5.41, 5.74) is 1.82. The van der Waals surface area contributed by atoms with E-state index in [1.54, 1.807) is 51.1 Å². The molecule has 1 atom stereocenters. The molecule has 4 rings (SSSR count). The number of nitrogens with one attached hydrogen (secondary N) is 2. The van der Waals surface area contributed by atoms with Crippen LogP contribution in [-0.4, -0.2) is 46.5 Å². The fourth-order valence-electron chi connectivity index (χ4n) is 4.14. The SMILES string of the molecule is Cc1c(CN(C)C(=O)/C=C/c2cnc3c(c2)CC[C@H](NC(=O)OC(C)(C)C)C(=O)N3)sc2c(F)cccc12. The number of halogens is 1. The van der Waals surface area contributed by atoms with E-state index in [1.165, 1.54) is 23.5 Å². The molecule has 2 aromatic heterocycles. The molecule has 0 radical (unpaired) electrons. The first-order valence-corrected chi connectivity index (χ1v) is 13.1. The van der Waals surface area contributed by atoms with Crippen LogP contribution in [0.2, 0.25) is 0 Å². The summed E-state index contributed by atoms with van der Waals surface area (Å²) < 4.78 is 20.0. The van der Waals surface area contributed by atoms with E-state index in [2.05, 4.69) is 15.6 Å². The lowest BCUT2D eigenvalue weighted by Gasteiger charge is -2.22. The van der Waals surface area contributed by atoms with Crippen molar-refractivity contribution in [3.63, 3.8) is 0 Å². The van der Waals surface area contributed by atoms with Crippen LogP contribution in [0.1, 0.15) is 48.8 Å². The van der Waals surface area contributed by atoms with Gasteiger partial charge in [0.05, 0.1) is 11.2 Å². The molecule has 38 heavy (non-hydrogen) atoms. The maximum absolute atomic E-state index is 14.2. The van der Waals surface area contributed by atoms with Gasteiger partial charge in [-0.1, -0.05) is 12.1 Å². The third-order valence-corrected chi connectivity index (χ3v) is 7.43. The molecule has 200 valence electrons. The number of pyridine rings is 1. The van der Waals surface area contributed by atoms with E-state index >= 15 is 0 Å². The number of aromatic nitrogens is 1. The molecule has 3 aromatic rings. The Labute approximate surface area is 224 Å². The molecular weight excluding hydrogens is 507 g/mol. The Morgan fingerprint density at radius 2 is 2.11 bits per heavy atom. The van der Waals surface area contributed by atoms with E-state index in [0.29, 0.717) is 35.5 Å². The highest BCUT2D eigenvalue weighted by Crippen LogP contribution is 2.33. The number of fused-ring (bicyclic) bond motifs is 2. The number of aryl methyl sites for hydroxylation is 2. The molecule has 0 saturated heterocycles. The lowest BCUT2D eigenvalue weighted by Crippen LogP contribution is -2.45. The summed E-state index contributed by atoms with van der Waals surface area (Å²) in [6.45, 7) is 7.57. The van der Waals surface area contributed by atoms with Gasteiger partial charge in [-0.2, -0.15) is 0 Å². The number of ether oxygens (including phenoxy) is 1. The molecule has 1 aliphatic heterocycles. The number of alkyl carbamates (subject to hydrolysis) is 1. The quantitative estimate of drug-likeness (QED) is 0.435. The lowest BCUT2D eigenvalue weighted by molar-refractivity contribution is -0.125. The topological polar surface area (TPSA) is 101 Å². The van der Waals surface area contributed by atoms with Crippen molar-refractivity contribution in [1.29, 1.82) is 0 Å². The Hall–Kier alpha value is -3.79. The molecule has 3 heterocycles.